The molecule has 0 spiro atoms. The first kappa shape index (κ1) is 14.6. The summed E-state index contributed by atoms with van der Waals surface area (Å²) in [6, 6.07) is 6.34. The van der Waals surface area contributed by atoms with Crippen molar-refractivity contribution < 1.29 is 9.47 Å². The van der Waals surface area contributed by atoms with Crippen molar-refractivity contribution >= 4 is 5.82 Å². The Bertz CT molecular complexity index is 673. The van der Waals surface area contributed by atoms with Gasteiger partial charge in [0, 0.05) is 13.1 Å². The van der Waals surface area contributed by atoms with E-state index < -0.39 is 0 Å². The summed E-state index contributed by atoms with van der Waals surface area (Å²) in [7, 11) is 3.38. The topological polar surface area (TPSA) is 47.5 Å². The van der Waals surface area contributed by atoms with Crippen LogP contribution in [0.25, 0.3) is 0 Å². The van der Waals surface area contributed by atoms with Crippen LogP contribution in [0.3, 0.4) is 0 Å². The van der Waals surface area contributed by atoms with Crippen molar-refractivity contribution in [3.8, 4) is 11.5 Å². The summed E-state index contributed by atoms with van der Waals surface area (Å²) in [5.74, 6) is 2.57. The highest BCUT2D eigenvalue weighted by Crippen LogP contribution is 2.30. The number of ether oxygens (including phenoxy) is 2. The van der Waals surface area contributed by atoms with Gasteiger partial charge in [0.1, 0.15) is 12.1 Å². The lowest BCUT2D eigenvalue weighted by molar-refractivity contribution is 0.406. The van der Waals surface area contributed by atoms with Crippen LogP contribution in [0.1, 0.15) is 16.8 Å². The maximum absolute atomic E-state index is 5.50. The summed E-state index contributed by atoms with van der Waals surface area (Å²) in [5, 5.41) is 0. The summed E-state index contributed by atoms with van der Waals surface area (Å²) >= 11 is 0. The van der Waals surface area contributed by atoms with Crippen LogP contribution in [0.5, 0.6) is 11.5 Å². The summed E-state index contributed by atoms with van der Waals surface area (Å²) in [6.07, 6.45) is 3.57. The van der Waals surface area contributed by atoms with Crippen molar-refractivity contribution in [3.63, 3.8) is 0 Å². The molecule has 0 saturated carbocycles. The molecule has 0 bridgehead atoms. The smallest absolute Gasteiger partial charge is 0.182 e. The number of methoxy groups -OCH3 is 2. The standard InChI is InChI=1S/C17H21N3O2/c1-12-16(22-3)17(19-11-18-12)20-8-6-13-4-5-15(21-2)10-14(13)7-9-20/h4-5,10-11H,6-9H2,1-3H3. The Labute approximate surface area is 130 Å². The van der Waals surface area contributed by atoms with Crippen molar-refractivity contribution in [2.75, 3.05) is 32.2 Å². The molecule has 5 heteroatoms. The van der Waals surface area contributed by atoms with Crippen LogP contribution >= 0.6 is 0 Å². The zero-order valence-corrected chi connectivity index (χ0v) is 13.3. The third kappa shape index (κ3) is 2.71. The van der Waals surface area contributed by atoms with E-state index in [1.54, 1.807) is 20.5 Å². The van der Waals surface area contributed by atoms with Crippen molar-refractivity contribution in [1.29, 1.82) is 0 Å². The number of hydrogen-bond donors (Lipinski definition) is 0. The average molecular weight is 299 g/mol. The molecule has 1 aliphatic heterocycles. The van der Waals surface area contributed by atoms with Gasteiger partial charge in [0.2, 0.25) is 0 Å². The molecular weight excluding hydrogens is 278 g/mol. The maximum Gasteiger partial charge on any atom is 0.182 e. The van der Waals surface area contributed by atoms with Gasteiger partial charge in [-0.1, -0.05) is 6.07 Å². The molecule has 3 rings (SSSR count). The zero-order chi connectivity index (χ0) is 15.5. The van der Waals surface area contributed by atoms with Gasteiger partial charge in [0.15, 0.2) is 11.6 Å². The van der Waals surface area contributed by atoms with Gasteiger partial charge in [0.25, 0.3) is 0 Å². The Balaban J connectivity index is 1.87. The number of anilines is 1. The van der Waals surface area contributed by atoms with E-state index in [0.717, 1.165) is 48.9 Å². The molecule has 0 atom stereocenters. The molecule has 0 N–H and O–H groups in total. The van der Waals surface area contributed by atoms with E-state index in [-0.39, 0.29) is 0 Å². The van der Waals surface area contributed by atoms with Crippen LogP contribution in [0, 0.1) is 6.92 Å². The second-order valence-electron chi connectivity index (χ2n) is 5.44. The molecule has 2 heterocycles. The molecule has 0 fully saturated rings. The largest absolute Gasteiger partial charge is 0.497 e. The van der Waals surface area contributed by atoms with Crippen LogP contribution in [0.15, 0.2) is 24.5 Å². The van der Waals surface area contributed by atoms with Gasteiger partial charge in [-0.15, -0.1) is 0 Å². The van der Waals surface area contributed by atoms with E-state index in [1.165, 1.54) is 11.1 Å². The van der Waals surface area contributed by atoms with Gasteiger partial charge in [-0.25, -0.2) is 9.97 Å². The minimum absolute atomic E-state index is 0.769. The molecule has 0 unspecified atom stereocenters. The highest BCUT2D eigenvalue weighted by Gasteiger charge is 2.20. The second-order valence-corrected chi connectivity index (χ2v) is 5.44. The lowest BCUT2D eigenvalue weighted by Crippen LogP contribution is -2.27. The van der Waals surface area contributed by atoms with Crippen molar-refractivity contribution in [2.45, 2.75) is 19.8 Å². The van der Waals surface area contributed by atoms with Crippen LogP contribution < -0.4 is 14.4 Å². The summed E-state index contributed by atoms with van der Waals surface area (Å²) in [6.45, 7) is 3.78. The molecule has 1 aromatic carbocycles. The minimum atomic E-state index is 0.769. The fourth-order valence-electron chi connectivity index (χ4n) is 2.95. The quantitative estimate of drug-likeness (QED) is 0.871. The molecule has 0 radical (unpaired) electrons. The zero-order valence-electron chi connectivity index (χ0n) is 13.3. The molecule has 5 nitrogen and oxygen atoms in total. The minimum Gasteiger partial charge on any atom is -0.497 e. The molecule has 0 amide bonds. The first-order chi connectivity index (χ1) is 10.7. The van der Waals surface area contributed by atoms with E-state index in [2.05, 4.69) is 27.0 Å². The summed E-state index contributed by atoms with van der Waals surface area (Å²) < 4.78 is 10.8. The van der Waals surface area contributed by atoms with E-state index in [4.69, 9.17) is 9.47 Å². The third-order valence-corrected chi connectivity index (χ3v) is 4.18. The average Bonchev–Trinajstić information content (AvgIpc) is 2.76. The molecule has 22 heavy (non-hydrogen) atoms. The van der Waals surface area contributed by atoms with Crippen LogP contribution in [-0.2, 0) is 12.8 Å². The predicted octanol–water partition coefficient (Wildman–Crippen LogP) is 2.41. The van der Waals surface area contributed by atoms with Crippen LogP contribution in [0.4, 0.5) is 5.82 Å². The van der Waals surface area contributed by atoms with Crippen molar-refractivity contribution in [3.05, 3.63) is 41.3 Å². The fraction of sp³-hybridized carbons (Fsp3) is 0.412. The van der Waals surface area contributed by atoms with Gasteiger partial charge in [0.05, 0.1) is 19.9 Å². The maximum atomic E-state index is 5.50. The number of aromatic nitrogens is 2. The number of hydrogen-bond acceptors (Lipinski definition) is 5. The molecule has 1 aromatic heterocycles. The molecule has 2 aromatic rings. The number of fused-ring (bicyclic) bond motifs is 1. The molecule has 0 saturated heterocycles. The summed E-state index contributed by atoms with van der Waals surface area (Å²) in [5.41, 5.74) is 3.61. The third-order valence-electron chi connectivity index (χ3n) is 4.18. The molecule has 116 valence electrons. The van der Waals surface area contributed by atoms with Crippen LogP contribution in [-0.4, -0.2) is 37.3 Å². The van der Waals surface area contributed by atoms with E-state index >= 15 is 0 Å². The van der Waals surface area contributed by atoms with E-state index in [9.17, 15) is 0 Å². The first-order valence-electron chi connectivity index (χ1n) is 7.49. The Kier molecular flexibility index (Phi) is 4.13. The van der Waals surface area contributed by atoms with Gasteiger partial charge in [-0.3, -0.25) is 0 Å². The Morgan fingerprint density at radius 3 is 2.50 bits per heavy atom. The second kappa shape index (κ2) is 6.22. The van der Waals surface area contributed by atoms with Gasteiger partial charge >= 0.3 is 0 Å². The number of benzene rings is 1. The lowest BCUT2D eigenvalue weighted by Gasteiger charge is -2.23. The van der Waals surface area contributed by atoms with Crippen molar-refractivity contribution in [1.82, 2.24) is 9.97 Å². The summed E-state index contributed by atoms with van der Waals surface area (Å²) in [4.78, 5) is 10.9. The Morgan fingerprint density at radius 2 is 1.77 bits per heavy atom. The van der Waals surface area contributed by atoms with Gasteiger partial charge in [-0.2, -0.15) is 0 Å². The number of aryl methyl sites for hydroxylation is 1. The lowest BCUT2D eigenvalue weighted by atomic mass is 10.0. The van der Waals surface area contributed by atoms with E-state index in [0.29, 0.717) is 0 Å². The number of nitrogens with zero attached hydrogens (tertiary/aromatic N) is 3. The monoisotopic (exact) mass is 299 g/mol. The molecule has 1 aliphatic rings. The predicted molar refractivity (Wildman–Crippen MR) is 85.9 cm³/mol. The SMILES string of the molecule is COc1ccc2c(c1)CCN(c1ncnc(C)c1OC)CC2. The fourth-order valence-corrected chi connectivity index (χ4v) is 2.95. The Morgan fingerprint density at radius 1 is 1.00 bits per heavy atom. The Hall–Kier alpha value is -2.30. The highest BCUT2D eigenvalue weighted by atomic mass is 16.5. The van der Waals surface area contributed by atoms with Crippen molar-refractivity contribution in [2.24, 2.45) is 0 Å². The van der Waals surface area contributed by atoms with Gasteiger partial charge in [-0.05, 0) is 43.0 Å². The first-order valence-corrected chi connectivity index (χ1v) is 7.49. The molecule has 0 aliphatic carbocycles. The van der Waals surface area contributed by atoms with E-state index in [1.807, 2.05) is 13.0 Å². The normalized spacial score (nSPS) is 14.2. The highest BCUT2D eigenvalue weighted by molar-refractivity contribution is 5.55. The number of rotatable bonds is 3. The van der Waals surface area contributed by atoms with Crippen LogP contribution in [0.2, 0.25) is 0 Å². The van der Waals surface area contributed by atoms with Gasteiger partial charge < -0.3 is 14.4 Å². The molecular formula is C17H21N3O2.